The van der Waals surface area contributed by atoms with Crippen LogP contribution in [0.3, 0.4) is 0 Å². The van der Waals surface area contributed by atoms with Crippen LogP contribution in [0.4, 0.5) is 0 Å². The van der Waals surface area contributed by atoms with Gasteiger partial charge in [-0.3, -0.25) is 0 Å². The molecule has 0 fully saturated rings. The van der Waals surface area contributed by atoms with E-state index in [1.807, 2.05) is 13.0 Å². The maximum absolute atomic E-state index is 4.90. The molecular weight excluding hydrogens is 114 g/mol. The Morgan fingerprint density at radius 3 is 2.89 bits per heavy atom. The summed E-state index contributed by atoms with van der Waals surface area (Å²) in [5, 5.41) is 0. The second-order valence-corrected chi connectivity index (χ2v) is 1.77. The first-order valence-corrected chi connectivity index (χ1v) is 2.72. The predicted molar refractivity (Wildman–Crippen MR) is 34.4 cm³/mol. The number of methoxy groups -OCH3 is 1. The van der Waals surface area contributed by atoms with E-state index in [9.17, 15) is 0 Å². The molecule has 0 atom stereocenters. The molecule has 0 unspecified atom stereocenters. The van der Waals surface area contributed by atoms with Gasteiger partial charge in [-0.25, -0.2) is 4.98 Å². The van der Waals surface area contributed by atoms with Crippen LogP contribution in [-0.2, 0) is 0 Å². The van der Waals surface area contributed by atoms with Crippen molar-refractivity contribution in [1.29, 1.82) is 0 Å². The number of aryl methyl sites for hydroxylation is 1. The van der Waals surface area contributed by atoms with Crippen molar-refractivity contribution in [1.82, 2.24) is 4.98 Å². The molecule has 0 amide bonds. The van der Waals surface area contributed by atoms with Gasteiger partial charge in [-0.1, -0.05) is 6.07 Å². The molecule has 47 valence electrons. The van der Waals surface area contributed by atoms with E-state index in [2.05, 4.69) is 11.2 Å². The lowest BCUT2D eigenvalue weighted by atomic mass is 10.3. The van der Waals surface area contributed by atoms with Crippen LogP contribution >= 0.6 is 0 Å². The highest BCUT2D eigenvalue weighted by Crippen LogP contribution is 2.09. The average molecular weight is 122 g/mol. The van der Waals surface area contributed by atoms with Crippen molar-refractivity contribution in [2.45, 2.75) is 6.92 Å². The molecule has 0 bridgehead atoms. The number of aromatic nitrogens is 1. The normalized spacial score (nSPS) is 9.11. The number of hydrogen-bond acceptors (Lipinski definition) is 2. The summed E-state index contributed by atoms with van der Waals surface area (Å²) in [6.07, 6.45) is 2.68. The Hall–Kier alpha value is -1.05. The average Bonchev–Trinajstić information content (AvgIpc) is 1.89. The number of rotatable bonds is 1. The van der Waals surface area contributed by atoms with Crippen molar-refractivity contribution in [3.63, 3.8) is 0 Å². The summed E-state index contributed by atoms with van der Waals surface area (Å²) in [5.41, 5.74) is 1.04. The Morgan fingerprint density at radius 2 is 2.44 bits per heavy atom. The maximum Gasteiger partial charge on any atom is 0.216 e. The van der Waals surface area contributed by atoms with Crippen LogP contribution in [0, 0.1) is 13.1 Å². The minimum absolute atomic E-state index is 0.650. The molecule has 2 nitrogen and oxygen atoms in total. The van der Waals surface area contributed by atoms with Gasteiger partial charge in [0.2, 0.25) is 5.88 Å². The molecule has 0 aromatic carbocycles. The van der Waals surface area contributed by atoms with Crippen molar-refractivity contribution in [2.24, 2.45) is 0 Å². The molecule has 9 heavy (non-hydrogen) atoms. The molecule has 0 aliphatic rings. The fourth-order valence-electron chi connectivity index (χ4n) is 0.624. The lowest BCUT2D eigenvalue weighted by Gasteiger charge is -1.98. The zero-order valence-electron chi connectivity index (χ0n) is 5.51. The van der Waals surface area contributed by atoms with Crippen molar-refractivity contribution in [3.8, 4) is 5.88 Å². The largest absolute Gasteiger partial charge is 0.481 e. The molecular formula is C7H8NO. The molecule has 0 N–H and O–H groups in total. The Labute approximate surface area is 54.5 Å². The van der Waals surface area contributed by atoms with Gasteiger partial charge < -0.3 is 4.74 Å². The van der Waals surface area contributed by atoms with E-state index in [0.29, 0.717) is 5.88 Å². The fourth-order valence-corrected chi connectivity index (χ4v) is 0.624. The minimum Gasteiger partial charge on any atom is -0.481 e. The summed E-state index contributed by atoms with van der Waals surface area (Å²) in [7, 11) is 1.60. The predicted octanol–water partition coefficient (Wildman–Crippen LogP) is 1.20. The Morgan fingerprint density at radius 1 is 1.67 bits per heavy atom. The molecule has 0 aliphatic carbocycles. The first kappa shape index (κ1) is 6.08. The van der Waals surface area contributed by atoms with Gasteiger partial charge in [-0.05, 0) is 13.0 Å². The Balaban J connectivity index is 3.01. The van der Waals surface area contributed by atoms with Crippen LogP contribution in [0.25, 0.3) is 0 Å². The summed E-state index contributed by atoms with van der Waals surface area (Å²) in [4.78, 5) is 3.85. The number of ether oxygens (including phenoxy) is 1. The van der Waals surface area contributed by atoms with E-state index in [0.717, 1.165) is 5.56 Å². The van der Waals surface area contributed by atoms with Gasteiger partial charge in [0.1, 0.15) is 0 Å². The van der Waals surface area contributed by atoms with Crippen molar-refractivity contribution >= 4 is 0 Å². The summed E-state index contributed by atoms with van der Waals surface area (Å²) in [6.45, 7) is 1.94. The molecule has 1 heterocycles. The van der Waals surface area contributed by atoms with Crippen molar-refractivity contribution < 1.29 is 4.74 Å². The first-order chi connectivity index (χ1) is 4.34. The quantitative estimate of drug-likeness (QED) is 0.558. The van der Waals surface area contributed by atoms with E-state index in [-0.39, 0.29) is 0 Å². The molecule has 0 saturated heterocycles. The number of pyridine rings is 1. The summed E-state index contributed by atoms with van der Waals surface area (Å²) in [6, 6.07) is 3.67. The molecule has 0 saturated carbocycles. The molecule has 1 aromatic heterocycles. The topological polar surface area (TPSA) is 22.1 Å². The highest BCUT2D eigenvalue weighted by Gasteiger charge is 1.93. The van der Waals surface area contributed by atoms with Gasteiger partial charge in [0.25, 0.3) is 0 Å². The Kier molecular flexibility index (Phi) is 1.68. The van der Waals surface area contributed by atoms with E-state index >= 15 is 0 Å². The van der Waals surface area contributed by atoms with Gasteiger partial charge in [0.15, 0.2) is 0 Å². The van der Waals surface area contributed by atoms with Crippen LogP contribution in [0.15, 0.2) is 12.1 Å². The van der Waals surface area contributed by atoms with Crippen LogP contribution < -0.4 is 4.74 Å². The Bertz CT molecular complexity index is 198. The second kappa shape index (κ2) is 2.49. The zero-order valence-corrected chi connectivity index (χ0v) is 5.51. The maximum atomic E-state index is 4.90. The lowest BCUT2D eigenvalue weighted by molar-refractivity contribution is 0.394. The highest BCUT2D eigenvalue weighted by molar-refractivity contribution is 5.22. The van der Waals surface area contributed by atoms with E-state index in [1.165, 1.54) is 0 Å². The van der Waals surface area contributed by atoms with Gasteiger partial charge in [0, 0.05) is 5.56 Å². The van der Waals surface area contributed by atoms with Gasteiger partial charge in [-0.2, -0.15) is 0 Å². The number of hydrogen-bond donors (Lipinski definition) is 0. The number of nitrogens with zero attached hydrogens (tertiary/aromatic N) is 1. The van der Waals surface area contributed by atoms with Crippen molar-refractivity contribution in [2.75, 3.05) is 7.11 Å². The summed E-state index contributed by atoms with van der Waals surface area (Å²) in [5.74, 6) is 0.650. The second-order valence-electron chi connectivity index (χ2n) is 1.77. The van der Waals surface area contributed by atoms with Gasteiger partial charge >= 0.3 is 0 Å². The van der Waals surface area contributed by atoms with Gasteiger partial charge in [0.05, 0.1) is 13.3 Å². The van der Waals surface area contributed by atoms with Crippen molar-refractivity contribution in [3.05, 3.63) is 23.9 Å². The van der Waals surface area contributed by atoms with Crippen LogP contribution in [-0.4, -0.2) is 12.1 Å². The SMILES string of the molecule is COc1n[c]ccc1C. The highest BCUT2D eigenvalue weighted by atomic mass is 16.5. The van der Waals surface area contributed by atoms with Crippen LogP contribution in [0.2, 0.25) is 0 Å². The molecule has 1 rings (SSSR count). The van der Waals surface area contributed by atoms with E-state index < -0.39 is 0 Å². The fraction of sp³-hybridized carbons (Fsp3) is 0.286. The zero-order chi connectivity index (χ0) is 6.69. The molecule has 1 aromatic rings. The molecule has 0 aliphatic heterocycles. The smallest absolute Gasteiger partial charge is 0.216 e. The summed E-state index contributed by atoms with van der Waals surface area (Å²) >= 11 is 0. The lowest BCUT2D eigenvalue weighted by Crippen LogP contribution is -1.88. The third kappa shape index (κ3) is 1.19. The molecule has 2 heteroatoms. The van der Waals surface area contributed by atoms with E-state index in [1.54, 1.807) is 13.2 Å². The van der Waals surface area contributed by atoms with Gasteiger partial charge in [-0.15, -0.1) is 0 Å². The van der Waals surface area contributed by atoms with E-state index in [4.69, 9.17) is 4.74 Å². The minimum atomic E-state index is 0.650. The van der Waals surface area contributed by atoms with Crippen LogP contribution in [0.1, 0.15) is 5.56 Å². The third-order valence-electron chi connectivity index (χ3n) is 1.10. The third-order valence-corrected chi connectivity index (χ3v) is 1.10. The standard InChI is InChI=1S/C7H8NO/c1-6-4-3-5-8-7(6)9-2/h3-4H,1-2H3. The monoisotopic (exact) mass is 122 g/mol. The first-order valence-electron chi connectivity index (χ1n) is 2.72. The van der Waals surface area contributed by atoms with Crippen LogP contribution in [0.5, 0.6) is 5.88 Å². The molecule has 1 radical (unpaired) electrons. The molecule has 0 spiro atoms. The summed E-state index contributed by atoms with van der Waals surface area (Å²) < 4.78 is 4.90.